The van der Waals surface area contributed by atoms with E-state index >= 15 is 0 Å². The van der Waals surface area contributed by atoms with Gasteiger partial charge in [-0.05, 0) is 32.9 Å². The Balaban J connectivity index is 3.36. The topological polar surface area (TPSA) is 50.4 Å². The van der Waals surface area contributed by atoms with E-state index in [1.54, 1.807) is 20.8 Å². The van der Waals surface area contributed by atoms with E-state index in [4.69, 9.17) is 5.84 Å². The van der Waals surface area contributed by atoms with Crippen LogP contribution in [-0.4, -0.2) is 11.4 Å². The van der Waals surface area contributed by atoms with Crippen molar-refractivity contribution in [3.8, 4) is 0 Å². The molecule has 1 rings (SSSR count). The fraction of sp³-hybridized carbons (Fsp3) is 0.364. The Morgan fingerprint density at radius 2 is 1.76 bits per heavy atom. The average molecular weight is 306 g/mol. The van der Waals surface area contributed by atoms with Gasteiger partial charge in [-0.2, -0.15) is 0 Å². The van der Waals surface area contributed by atoms with Crippen molar-refractivity contribution in [1.82, 2.24) is 5.43 Å². The number of benzene rings is 1. The monoisotopic (exact) mass is 305 g/mol. The second-order valence-corrected chi connectivity index (χ2v) is 5.44. The molecule has 3 N–H and O–H groups in total. The van der Waals surface area contributed by atoms with Gasteiger partial charge in [0.2, 0.25) is 0 Å². The summed E-state index contributed by atoms with van der Waals surface area (Å²) in [4.78, 5) is 4.13. The molecule has 0 aromatic heterocycles. The average Bonchev–Trinajstić information content (AvgIpc) is 2.12. The SMILES string of the molecule is CC(C)(C)N=C(NN)c1c(F)cc(Br)cc1F. The summed E-state index contributed by atoms with van der Waals surface area (Å²) >= 11 is 3.01. The maximum absolute atomic E-state index is 13.7. The summed E-state index contributed by atoms with van der Waals surface area (Å²) in [5, 5.41) is 0. The number of nitrogens with two attached hydrogens (primary N) is 1. The number of rotatable bonds is 1. The van der Waals surface area contributed by atoms with Crippen LogP contribution in [0.5, 0.6) is 0 Å². The molecule has 0 amide bonds. The van der Waals surface area contributed by atoms with Crippen LogP contribution in [0.25, 0.3) is 0 Å². The Morgan fingerprint density at radius 3 is 2.12 bits per heavy atom. The summed E-state index contributed by atoms with van der Waals surface area (Å²) < 4.78 is 27.7. The molecule has 0 atom stereocenters. The Hall–Kier alpha value is -1.01. The van der Waals surface area contributed by atoms with E-state index in [0.717, 1.165) is 12.1 Å². The first kappa shape index (κ1) is 14.1. The molecule has 0 aliphatic rings. The number of hydrogen-bond donors (Lipinski definition) is 2. The van der Waals surface area contributed by atoms with E-state index in [1.807, 2.05) is 0 Å². The Labute approximate surface area is 107 Å². The summed E-state index contributed by atoms with van der Waals surface area (Å²) in [6.45, 7) is 5.41. The van der Waals surface area contributed by atoms with Gasteiger partial charge in [0.05, 0.1) is 11.1 Å². The fourth-order valence-electron chi connectivity index (χ4n) is 1.26. The number of amidine groups is 1. The third kappa shape index (κ3) is 3.74. The van der Waals surface area contributed by atoms with Crippen LogP contribution >= 0.6 is 15.9 Å². The van der Waals surface area contributed by atoms with Crippen LogP contribution in [0.2, 0.25) is 0 Å². The first-order valence-corrected chi connectivity index (χ1v) is 5.75. The number of nitrogens with one attached hydrogen (secondary N) is 1. The van der Waals surface area contributed by atoms with E-state index in [0.29, 0.717) is 4.47 Å². The van der Waals surface area contributed by atoms with E-state index in [9.17, 15) is 8.78 Å². The molecule has 0 saturated heterocycles. The Bertz CT molecular complexity index is 430. The van der Waals surface area contributed by atoms with Crippen molar-refractivity contribution in [2.45, 2.75) is 26.3 Å². The van der Waals surface area contributed by atoms with Gasteiger partial charge in [0.15, 0.2) is 0 Å². The smallest absolute Gasteiger partial charge is 0.149 e. The molecule has 1 aromatic rings. The molecule has 0 fully saturated rings. The predicted octanol–water partition coefficient (Wildman–Crippen LogP) is 2.74. The van der Waals surface area contributed by atoms with Gasteiger partial charge in [0, 0.05) is 4.47 Å². The van der Waals surface area contributed by atoms with Crippen LogP contribution < -0.4 is 11.3 Å². The van der Waals surface area contributed by atoms with Gasteiger partial charge in [-0.3, -0.25) is 4.99 Å². The van der Waals surface area contributed by atoms with Gasteiger partial charge in [0.25, 0.3) is 0 Å². The molecule has 3 nitrogen and oxygen atoms in total. The van der Waals surface area contributed by atoms with Crippen molar-refractivity contribution in [3.63, 3.8) is 0 Å². The molecule has 0 unspecified atom stereocenters. The van der Waals surface area contributed by atoms with Crippen LogP contribution in [0.3, 0.4) is 0 Å². The highest BCUT2D eigenvalue weighted by atomic mass is 79.9. The predicted molar refractivity (Wildman–Crippen MR) is 67.7 cm³/mol. The minimum absolute atomic E-state index is 0.0139. The number of nitrogens with zero attached hydrogens (tertiary/aromatic N) is 1. The molecular formula is C11H14BrF2N3. The van der Waals surface area contributed by atoms with Crippen molar-refractivity contribution in [3.05, 3.63) is 33.8 Å². The summed E-state index contributed by atoms with van der Waals surface area (Å²) in [6.07, 6.45) is 0. The third-order valence-electron chi connectivity index (χ3n) is 1.83. The highest BCUT2D eigenvalue weighted by molar-refractivity contribution is 9.10. The molecule has 1 aromatic carbocycles. The van der Waals surface area contributed by atoms with Crippen molar-refractivity contribution >= 4 is 21.8 Å². The highest BCUT2D eigenvalue weighted by Crippen LogP contribution is 2.20. The lowest BCUT2D eigenvalue weighted by atomic mass is 10.1. The van der Waals surface area contributed by atoms with E-state index in [2.05, 4.69) is 26.3 Å². The quantitative estimate of drug-likeness (QED) is 0.363. The number of hydrazine groups is 1. The van der Waals surface area contributed by atoms with Gasteiger partial charge in [0.1, 0.15) is 17.5 Å². The van der Waals surface area contributed by atoms with Crippen molar-refractivity contribution in [1.29, 1.82) is 0 Å². The van der Waals surface area contributed by atoms with Gasteiger partial charge in [-0.1, -0.05) is 15.9 Å². The van der Waals surface area contributed by atoms with Gasteiger partial charge in [-0.25, -0.2) is 14.6 Å². The van der Waals surface area contributed by atoms with Crippen molar-refractivity contribution < 1.29 is 8.78 Å². The van der Waals surface area contributed by atoms with Gasteiger partial charge in [-0.15, -0.1) is 0 Å². The van der Waals surface area contributed by atoms with Crippen molar-refractivity contribution in [2.24, 2.45) is 10.8 Å². The largest absolute Gasteiger partial charge is 0.308 e. The van der Waals surface area contributed by atoms with Crippen LogP contribution in [0.15, 0.2) is 21.6 Å². The number of aliphatic imine (C=N–C) groups is 1. The second kappa shape index (κ2) is 5.10. The molecule has 0 spiro atoms. The molecule has 0 saturated carbocycles. The zero-order chi connectivity index (χ0) is 13.2. The maximum Gasteiger partial charge on any atom is 0.149 e. The van der Waals surface area contributed by atoms with E-state index < -0.39 is 17.2 Å². The second-order valence-electron chi connectivity index (χ2n) is 4.52. The third-order valence-corrected chi connectivity index (χ3v) is 2.29. The molecule has 0 bridgehead atoms. The molecule has 0 heterocycles. The lowest BCUT2D eigenvalue weighted by Crippen LogP contribution is -2.35. The maximum atomic E-state index is 13.7. The minimum Gasteiger partial charge on any atom is -0.308 e. The fourth-order valence-corrected chi connectivity index (χ4v) is 1.67. The van der Waals surface area contributed by atoms with Crippen LogP contribution in [-0.2, 0) is 0 Å². The molecule has 17 heavy (non-hydrogen) atoms. The zero-order valence-corrected chi connectivity index (χ0v) is 11.4. The van der Waals surface area contributed by atoms with Gasteiger partial charge >= 0.3 is 0 Å². The first-order valence-electron chi connectivity index (χ1n) is 4.96. The Morgan fingerprint density at radius 1 is 1.29 bits per heavy atom. The molecule has 0 radical (unpaired) electrons. The minimum atomic E-state index is -0.724. The number of halogens is 3. The Kier molecular flexibility index (Phi) is 4.21. The highest BCUT2D eigenvalue weighted by Gasteiger charge is 2.18. The summed E-state index contributed by atoms with van der Waals surface area (Å²) in [6, 6.07) is 2.32. The lowest BCUT2D eigenvalue weighted by Gasteiger charge is -2.16. The molecule has 94 valence electrons. The summed E-state index contributed by atoms with van der Waals surface area (Å²) in [7, 11) is 0. The first-order chi connectivity index (χ1) is 7.74. The molecule has 6 heteroatoms. The van der Waals surface area contributed by atoms with Crippen molar-refractivity contribution in [2.75, 3.05) is 0 Å². The lowest BCUT2D eigenvalue weighted by molar-refractivity contribution is 0.563. The standard InChI is InChI=1S/C11H14BrF2N3/c1-11(2,3)16-10(17-15)9-7(13)4-6(12)5-8(9)14/h4-5H,15H2,1-3H3,(H,16,17). The van der Waals surface area contributed by atoms with Gasteiger partial charge < -0.3 is 5.43 Å². The van der Waals surface area contributed by atoms with E-state index in [1.165, 1.54) is 0 Å². The van der Waals surface area contributed by atoms with E-state index in [-0.39, 0.29) is 11.4 Å². The van der Waals surface area contributed by atoms with Crippen LogP contribution in [0.4, 0.5) is 8.78 Å². The zero-order valence-electron chi connectivity index (χ0n) is 9.81. The van der Waals surface area contributed by atoms with Crippen LogP contribution in [0, 0.1) is 11.6 Å². The normalized spacial score (nSPS) is 12.8. The summed E-state index contributed by atoms with van der Waals surface area (Å²) in [5.74, 6) is 3.80. The van der Waals surface area contributed by atoms with Crippen LogP contribution in [0.1, 0.15) is 26.3 Å². The summed E-state index contributed by atoms with van der Waals surface area (Å²) in [5.41, 5.74) is 1.48. The molecular weight excluding hydrogens is 292 g/mol. The number of hydrogen-bond acceptors (Lipinski definition) is 2. The molecule has 0 aliphatic carbocycles. The molecule has 0 aliphatic heterocycles.